The normalized spacial score (nSPS) is 10.9. The van der Waals surface area contributed by atoms with Gasteiger partial charge in [-0.05, 0) is 64.2 Å². The van der Waals surface area contributed by atoms with Crippen LogP contribution in [0.4, 0.5) is 0 Å². The number of hydrogen-bond acceptors (Lipinski definition) is 3. The van der Waals surface area contributed by atoms with Crippen molar-refractivity contribution in [3.8, 4) is 22.6 Å². The molecule has 3 rings (SSSR count). The third-order valence-corrected chi connectivity index (χ3v) is 3.62. The van der Waals surface area contributed by atoms with Crippen LogP contribution in [0.1, 0.15) is 5.56 Å². The highest BCUT2D eigenvalue weighted by atomic mass is 16.3. The first-order valence-corrected chi connectivity index (χ1v) is 6.83. The molecule has 3 nitrogen and oxygen atoms in total. The highest BCUT2D eigenvalue weighted by Gasteiger charge is 2.05. The molecule has 0 aliphatic rings. The summed E-state index contributed by atoms with van der Waals surface area (Å²) >= 11 is 0. The lowest BCUT2D eigenvalue weighted by molar-refractivity contribution is 0.297. The fraction of sp³-hybridized carbons (Fsp3) is 0.111. The van der Waals surface area contributed by atoms with E-state index in [-0.39, 0.29) is 18.1 Å². The lowest BCUT2D eigenvalue weighted by Gasteiger charge is -2.08. The van der Waals surface area contributed by atoms with E-state index in [0.717, 1.165) is 27.5 Å². The van der Waals surface area contributed by atoms with E-state index >= 15 is 0 Å². The molecule has 0 radical (unpaired) electrons. The number of aliphatic hydroxyl groups is 1. The zero-order chi connectivity index (χ0) is 14.8. The second kappa shape index (κ2) is 5.46. The van der Waals surface area contributed by atoms with Gasteiger partial charge in [0.1, 0.15) is 11.5 Å². The third kappa shape index (κ3) is 2.69. The summed E-state index contributed by atoms with van der Waals surface area (Å²) in [6.07, 6.45) is 0.432. The van der Waals surface area contributed by atoms with Gasteiger partial charge in [-0.3, -0.25) is 0 Å². The van der Waals surface area contributed by atoms with Crippen molar-refractivity contribution in [2.24, 2.45) is 0 Å². The van der Waals surface area contributed by atoms with Crippen LogP contribution < -0.4 is 0 Å². The zero-order valence-corrected chi connectivity index (χ0v) is 11.5. The Morgan fingerprint density at radius 1 is 0.714 bits per heavy atom. The largest absolute Gasteiger partial charge is 0.508 e. The second-order valence-corrected chi connectivity index (χ2v) is 5.06. The van der Waals surface area contributed by atoms with Crippen LogP contribution in [0.25, 0.3) is 21.9 Å². The number of aliphatic hydroxyl groups excluding tert-OH is 1. The molecule has 0 unspecified atom stereocenters. The van der Waals surface area contributed by atoms with Crippen LogP contribution >= 0.6 is 0 Å². The van der Waals surface area contributed by atoms with E-state index < -0.39 is 0 Å². The second-order valence-electron chi connectivity index (χ2n) is 5.06. The number of phenols is 2. The fourth-order valence-corrected chi connectivity index (χ4v) is 2.50. The Bertz CT molecular complexity index is 794. The molecule has 0 aliphatic heterocycles. The Morgan fingerprint density at radius 3 is 2.19 bits per heavy atom. The van der Waals surface area contributed by atoms with Gasteiger partial charge >= 0.3 is 0 Å². The SMILES string of the molecule is OCCc1cc(-c2ccc3cc(O)ccc3c2)ccc1O. The van der Waals surface area contributed by atoms with Crippen LogP contribution in [0.2, 0.25) is 0 Å². The Morgan fingerprint density at radius 2 is 1.38 bits per heavy atom. The van der Waals surface area contributed by atoms with Crippen molar-refractivity contribution in [3.63, 3.8) is 0 Å². The topological polar surface area (TPSA) is 60.7 Å². The van der Waals surface area contributed by atoms with Crippen molar-refractivity contribution in [2.75, 3.05) is 6.61 Å². The van der Waals surface area contributed by atoms with Crippen molar-refractivity contribution >= 4 is 10.8 Å². The highest BCUT2D eigenvalue weighted by Crippen LogP contribution is 2.29. The molecule has 3 aromatic carbocycles. The van der Waals surface area contributed by atoms with E-state index in [1.54, 1.807) is 18.2 Å². The molecule has 3 N–H and O–H groups in total. The minimum Gasteiger partial charge on any atom is -0.508 e. The summed E-state index contributed by atoms with van der Waals surface area (Å²) in [6, 6.07) is 16.7. The number of benzene rings is 3. The molecule has 0 heterocycles. The number of aromatic hydroxyl groups is 2. The predicted molar refractivity (Wildman–Crippen MR) is 83.5 cm³/mol. The van der Waals surface area contributed by atoms with Crippen LogP contribution in [-0.2, 0) is 6.42 Å². The van der Waals surface area contributed by atoms with Gasteiger partial charge in [-0.1, -0.05) is 24.3 Å². The molecule has 3 aromatic rings. The average Bonchev–Trinajstić information content (AvgIpc) is 2.49. The van der Waals surface area contributed by atoms with Crippen LogP contribution in [0.5, 0.6) is 11.5 Å². The van der Waals surface area contributed by atoms with E-state index in [1.165, 1.54) is 0 Å². The van der Waals surface area contributed by atoms with Gasteiger partial charge in [-0.25, -0.2) is 0 Å². The molecule has 0 saturated carbocycles. The predicted octanol–water partition coefficient (Wildman–Crippen LogP) is 3.45. The molecule has 0 saturated heterocycles. The van der Waals surface area contributed by atoms with Crippen molar-refractivity contribution in [3.05, 3.63) is 60.2 Å². The minimum atomic E-state index is 0.00795. The van der Waals surface area contributed by atoms with Gasteiger partial charge in [0.25, 0.3) is 0 Å². The van der Waals surface area contributed by atoms with Crippen molar-refractivity contribution in [1.29, 1.82) is 0 Å². The molecule has 0 aromatic heterocycles. The molecular formula is C18H16O3. The maximum atomic E-state index is 9.78. The Balaban J connectivity index is 2.07. The standard InChI is InChI=1S/C18H16O3/c19-8-7-16-10-14(4-6-18(16)21)12-1-2-15-11-17(20)5-3-13(15)9-12/h1-6,9-11,19-21H,7-8H2. The van der Waals surface area contributed by atoms with Crippen LogP contribution in [0.15, 0.2) is 54.6 Å². The summed E-state index contributed by atoms with van der Waals surface area (Å²) in [5, 5.41) is 30.3. The van der Waals surface area contributed by atoms with Crippen molar-refractivity contribution in [1.82, 2.24) is 0 Å². The maximum Gasteiger partial charge on any atom is 0.118 e. The quantitative estimate of drug-likeness (QED) is 0.688. The first-order valence-electron chi connectivity index (χ1n) is 6.83. The lowest BCUT2D eigenvalue weighted by Crippen LogP contribution is -1.92. The summed E-state index contributed by atoms with van der Waals surface area (Å²) in [5.41, 5.74) is 2.76. The van der Waals surface area contributed by atoms with Crippen molar-refractivity contribution in [2.45, 2.75) is 6.42 Å². The number of hydrogen-bond donors (Lipinski definition) is 3. The first-order chi connectivity index (χ1) is 10.2. The summed E-state index contributed by atoms with van der Waals surface area (Å²) < 4.78 is 0. The van der Waals surface area contributed by atoms with Crippen LogP contribution in [-0.4, -0.2) is 21.9 Å². The highest BCUT2D eigenvalue weighted by molar-refractivity contribution is 5.88. The molecule has 0 bridgehead atoms. The summed E-state index contributed by atoms with van der Waals surface area (Å²) in [5.74, 6) is 0.462. The Hall–Kier alpha value is -2.52. The van der Waals surface area contributed by atoms with Crippen LogP contribution in [0.3, 0.4) is 0 Å². The molecule has 0 spiro atoms. The van der Waals surface area contributed by atoms with E-state index in [1.807, 2.05) is 36.4 Å². The Labute approximate surface area is 122 Å². The van der Waals surface area contributed by atoms with Gasteiger partial charge in [0.2, 0.25) is 0 Å². The molecule has 0 aliphatic carbocycles. The number of rotatable bonds is 3. The smallest absolute Gasteiger partial charge is 0.118 e. The minimum absolute atomic E-state index is 0.00795. The van der Waals surface area contributed by atoms with Crippen molar-refractivity contribution < 1.29 is 15.3 Å². The maximum absolute atomic E-state index is 9.78. The van der Waals surface area contributed by atoms with E-state index in [2.05, 4.69) is 0 Å². The van der Waals surface area contributed by atoms with E-state index in [0.29, 0.717) is 6.42 Å². The van der Waals surface area contributed by atoms with E-state index in [9.17, 15) is 10.2 Å². The number of phenolic OH excluding ortho intramolecular Hbond substituents is 2. The average molecular weight is 280 g/mol. The molecule has 0 amide bonds. The van der Waals surface area contributed by atoms with Gasteiger partial charge in [0.15, 0.2) is 0 Å². The Kier molecular flexibility index (Phi) is 3.50. The number of fused-ring (bicyclic) bond motifs is 1. The van der Waals surface area contributed by atoms with Gasteiger partial charge in [0, 0.05) is 6.61 Å². The molecule has 0 fully saturated rings. The lowest BCUT2D eigenvalue weighted by atomic mass is 9.98. The van der Waals surface area contributed by atoms with Gasteiger partial charge in [0.05, 0.1) is 0 Å². The zero-order valence-electron chi connectivity index (χ0n) is 11.5. The van der Waals surface area contributed by atoms with Gasteiger partial charge in [-0.15, -0.1) is 0 Å². The summed E-state index contributed by atoms with van der Waals surface area (Å²) in [7, 11) is 0. The van der Waals surface area contributed by atoms with E-state index in [4.69, 9.17) is 5.11 Å². The molecule has 0 atom stereocenters. The van der Waals surface area contributed by atoms with Crippen LogP contribution in [0, 0.1) is 0 Å². The monoisotopic (exact) mass is 280 g/mol. The molecule has 106 valence electrons. The molecule has 21 heavy (non-hydrogen) atoms. The molecular weight excluding hydrogens is 264 g/mol. The first kappa shape index (κ1) is 13.5. The summed E-state index contributed by atoms with van der Waals surface area (Å²) in [6.45, 7) is 0.00795. The van der Waals surface area contributed by atoms with Gasteiger partial charge in [-0.2, -0.15) is 0 Å². The molecule has 3 heteroatoms. The van der Waals surface area contributed by atoms with Gasteiger partial charge < -0.3 is 15.3 Å². The third-order valence-electron chi connectivity index (χ3n) is 3.62. The summed E-state index contributed by atoms with van der Waals surface area (Å²) in [4.78, 5) is 0. The fourth-order valence-electron chi connectivity index (χ4n) is 2.50.